The number of hydrogen-bond donors (Lipinski definition) is 2. The molecule has 1 aromatic rings. The lowest BCUT2D eigenvalue weighted by Crippen LogP contribution is -2.23. The molecule has 1 aliphatic rings. The standard InChI is InChI=1S/C14H19NO2/c1-9(2)13(16)11-6-5-10-4-3-7-15-14(17)12(10)8-11/h5-6,8-9,13,16H,3-4,7H2,1-2H3,(H,15,17). The molecule has 17 heavy (non-hydrogen) atoms. The van der Waals surface area contributed by atoms with E-state index in [2.05, 4.69) is 5.32 Å². The summed E-state index contributed by atoms with van der Waals surface area (Å²) in [6.07, 6.45) is 1.40. The topological polar surface area (TPSA) is 49.3 Å². The van der Waals surface area contributed by atoms with E-state index in [1.807, 2.05) is 32.0 Å². The molecule has 0 aliphatic carbocycles. The minimum absolute atomic E-state index is 0.0182. The fraction of sp³-hybridized carbons (Fsp3) is 0.500. The van der Waals surface area contributed by atoms with Crippen molar-refractivity contribution in [1.82, 2.24) is 5.32 Å². The zero-order chi connectivity index (χ0) is 12.4. The third-order valence-corrected chi connectivity index (χ3v) is 3.26. The van der Waals surface area contributed by atoms with Gasteiger partial charge < -0.3 is 10.4 Å². The second-order valence-corrected chi connectivity index (χ2v) is 4.96. The third-order valence-electron chi connectivity index (χ3n) is 3.26. The van der Waals surface area contributed by atoms with E-state index in [-0.39, 0.29) is 11.8 Å². The molecular weight excluding hydrogens is 214 g/mol. The zero-order valence-electron chi connectivity index (χ0n) is 10.4. The summed E-state index contributed by atoms with van der Waals surface area (Å²) in [6, 6.07) is 5.74. The van der Waals surface area contributed by atoms with E-state index in [1.54, 1.807) is 0 Å². The fourth-order valence-electron chi connectivity index (χ4n) is 2.17. The molecule has 0 spiro atoms. The largest absolute Gasteiger partial charge is 0.388 e. The van der Waals surface area contributed by atoms with Crippen molar-refractivity contribution in [3.05, 3.63) is 34.9 Å². The second-order valence-electron chi connectivity index (χ2n) is 4.96. The Balaban J connectivity index is 2.38. The Morgan fingerprint density at radius 1 is 1.35 bits per heavy atom. The van der Waals surface area contributed by atoms with Crippen molar-refractivity contribution in [3.8, 4) is 0 Å². The van der Waals surface area contributed by atoms with Gasteiger partial charge in [0.1, 0.15) is 0 Å². The van der Waals surface area contributed by atoms with Crippen LogP contribution in [0.2, 0.25) is 0 Å². The van der Waals surface area contributed by atoms with E-state index < -0.39 is 6.10 Å². The van der Waals surface area contributed by atoms with Crippen LogP contribution in [0.4, 0.5) is 0 Å². The van der Waals surface area contributed by atoms with Crippen LogP contribution in [0.15, 0.2) is 18.2 Å². The quantitative estimate of drug-likeness (QED) is 0.821. The number of carbonyl (C=O) groups is 1. The molecule has 0 saturated carbocycles. The molecule has 1 atom stereocenters. The highest BCUT2D eigenvalue weighted by Crippen LogP contribution is 2.25. The molecule has 0 radical (unpaired) electrons. The van der Waals surface area contributed by atoms with Crippen LogP contribution >= 0.6 is 0 Å². The molecule has 1 heterocycles. The van der Waals surface area contributed by atoms with Gasteiger partial charge in [0.05, 0.1) is 6.10 Å². The lowest BCUT2D eigenvalue weighted by atomic mass is 9.94. The van der Waals surface area contributed by atoms with E-state index in [9.17, 15) is 9.90 Å². The second kappa shape index (κ2) is 4.88. The van der Waals surface area contributed by atoms with Gasteiger partial charge in [0.25, 0.3) is 5.91 Å². The van der Waals surface area contributed by atoms with Crippen molar-refractivity contribution in [2.24, 2.45) is 5.92 Å². The molecule has 3 nitrogen and oxygen atoms in total. The number of nitrogens with one attached hydrogen (secondary N) is 1. The Kier molecular flexibility index (Phi) is 3.48. The molecule has 1 aliphatic heterocycles. The fourth-order valence-corrected chi connectivity index (χ4v) is 2.17. The van der Waals surface area contributed by atoms with Crippen molar-refractivity contribution < 1.29 is 9.90 Å². The van der Waals surface area contributed by atoms with Crippen LogP contribution in [0.5, 0.6) is 0 Å². The normalized spacial score (nSPS) is 17.3. The molecular formula is C14H19NO2. The minimum atomic E-state index is -0.503. The first-order chi connectivity index (χ1) is 8.09. The predicted octanol–water partition coefficient (Wildman–Crippen LogP) is 2.05. The van der Waals surface area contributed by atoms with Crippen molar-refractivity contribution in [2.45, 2.75) is 32.8 Å². The van der Waals surface area contributed by atoms with Gasteiger partial charge in [-0.15, -0.1) is 0 Å². The molecule has 3 heteroatoms. The van der Waals surface area contributed by atoms with Gasteiger partial charge in [-0.1, -0.05) is 26.0 Å². The van der Waals surface area contributed by atoms with E-state index in [4.69, 9.17) is 0 Å². The highest BCUT2D eigenvalue weighted by atomic mass is 16.3. The van der Waals surface area contributed by atoms with Crippen LogP contribution in [0.25, 0.3) is 0 Å². The number of aliphatic hydroxyl groups excluding tert-OH is 1. The van der Waals surface area contributed by atoms with Gasteiger partial charge in [-0.25, -0.2) is 0 Å². The molecule has 0 aromatic heterocycles. The summed E-state index contributed by atoms with van der Waals surface area (Å²) >= 11 is 0. The predicted molar refractivity (Wildman–Crippen MR) is 66.9 cm³/mol. The summed E-state index contributed by atoms with van der Waals surface area (Å²) in [5.74, 6) is 0.136. The minimum Gasteiger partial charge on any atom is -0.388 e. The van der Waals surface area contributed by atoms with Crippen LogP contribution in [0.1, 0.15) is 47.9 Å². The first-order valence-corrected chi connectivity index (χ1v) is 6.18. The number of fused-ring (bicyclic) bond motifs is 1. The number of rotatable bonds is 2. The molecule has 2 N–H and O–H groups in total. The van der Waals surface area contributed by atoms with Crippen LogP contribution in [-0.2, 0) is 6.42 Å². The molecule has 2 rings (SSSR count). The summed E-state index contributed by atoms with van der Waals surface area (Å²) in [5, 5.41) is 12.9. The first-order valence-electron chi connectivity index (χ1n) is 6.18. The van der Waals surface area contributed by atoms with Crippen molar-refractivity contribution >= 4 is 5.91 Å². The number of benzene rings is 1. The molecule has 0 fully saturated rings. The van der Waals surface area contributed by atoms with Gasteiger partial charge in [0.15, 0.2) is 0 Å². The maximum Gasteiger partial charge on any atom is 0.251 e. The average Bonchev–Trinajstić information content (AvgIpc) is 2.50. The van der Waals surface area contributed by atoms with Gasteiger partial charge in [0, 0.05) is 12.1 Å². The number of carbonyl (C=O) groups excluding carboxylic acids is 1. The number of amides is 1. The highest BCUT2D eigenvalue weighted by molar-refractivity contribution is 5.96. The summed E-state index contributed by atoms with van der Waals surface area (Å²) in [6.45, 7) is 4.67. The van der Waals surface area contributed by atoms with Crippen LogP contribution in [0.3, 0.4) is 0 Å². The van der Waals surface area contributed by atoms with E-state index in [0.29, 0.717) is 0 Å². The summed E-state index contributed by atoms with van der Waals surface area (Å²) in [5.41, 5.74) is 2.63. The number of aliphatic hydroxyl groups is 1. The summed E-state index contributed by atoms with van der Waals surface area (Å²) < 4.78 is 0. The maximum atomic E-state index is 11.9. The molecule has 0 bridgehead atoms. The van der Waals surface area contributed by atoms with Crippen molar-refractivity contribution in [2.75, 3.05) is 6.54 Å². The van der Waals surface area contributed by atoms with Gasteiger partial charge in [-0.3, -0.25) is 4.79 Å². The lowest BCUT2D eigenvalue weighted by molar-refractivity contribution is 0.0955. The number of hydrogen-bond acceptors (Lipinski definition) is 2. The Morgan fingerprint density at radius 3 is 2.82 bits per heavy atom. The van der Waals surface area contributed by atoms with E-state index in [0.717, 1.165) is 36.1 Å². The van der Waals surface area contributed by atoms with Gasteiger partial charge >= 0.3 is 0 Å². The highest BCUT2D eigenvalue weighted by Gasteiger charge is 2.18. The lowest BCUT2D eigenvalue weighted by Gasteiger charge is -2.16. The molecule has 1 aromatic carbocycles. The van der Waals surface area contributed by atoms with Crippen molar-refractivity contribution in [1.29, 1.82) is 0 Å². The Bertz CT molecular complexity index is 426. The first kappa shape index (κ1) is 12.1. The Morgan fingerprint density at radius 2 is 2.12 bits per heavy atom. The third kappa shape index (κ3) is 2.50. The smallest absolute Gasteiger partial charge is 0.251 e. The Labute approximate surface area is 102 Å². The Hall–Kier alpha value is -1.35. The van der Waals surface area contributed by atoms with Crippen LogP contribution in [-0.4, -0.2) is 17.6 Å². The van der Waals surface area contributed by atoms with E-state index >= 15 is 0 Å². The van der Waals surface area contributed by atoms with Gasteiger partial charge in [-0.05, 0) is 36.0 Å². The van der Waals surface area contributed by atoms with Crippen LogP contribution in [0, 0.1) is 5.92 Å². The number of aryl methyl sites for hydroxylation is 1. The molecule has 0 saturated heterocycles. The molecule has 92 valence electrons. The summed E-state index contributed by atoms with van der Waals surface area (Å²) in [7, 11) is 0. The van der Waals surface area contributed by atoms with Crippen LogP contribution < -0.4 is 5.32 Å². The van der Waals surface area contributed by atoms with Crippen molar-refractivity contribution in [3.63, 3.8) is 0 Å². The van der Waals surface area contributed by atoms with Gasteiger partial charge in [-0.2, -0.15) is 0 Å². The summed E-state index contributed by atoms with van der Waals surface area (Å²) in [4.78, 5) is 11.9. The monoisotopic (exact) mass is 233 g/mol. The SMILES string of the molecule is CC(C)C(O)c1ccc2c(c1)C(=O)NCCC2. The van der Waals surface area contributed by atoms with Gasteiger partial charge in [0.2, 0.25) is 0 Å². The average molecular weight is 233 g/mol. The maximum absolute atomic E-state index is 11.9. The zero-order valence-corrected chi connectivity index (χ0v) is 10.4. The molecule has 1 unspecified atom stereocenters. The molecule has 1 amide bonds. The van der Waals surface area contributed by atoms with E-state index in [1.165, 1.54) is 0 Å².